The lowest BCUT2D eigenvalue weighted by Gasteiger charge is -2.47. The van der Waals surface area contributed by atoms with Gasteiger partial charge >= 0.3 is 0 Å². The summed E-state index contributed by atoms with van der Waals surface area (Å²) < 4.78 is 22.5. The Morgan fingerprint density at radius 2 is 1.29 bits per heavy atom. The SMILES string of the molecule is NCC1O[C@@H](OC2C(N)CC(N)C(O)C2O[C@@H]2OC(CO)C(O)C2O)C(N)C(O)C1O. The molecule has 14 nitrogen and oxygen atoms in total. The number of aliphatic hydroxyl groups is 6. The van der Waals surface area contributed by atoms with Gasteiger partial charge in [0.1, 0.15) is 48.8 Å². The van der Waals surface area contributed by atoms with Crippen LogP contribution in [0.25, 0.3) is 0 Å². The second kappa shape index (κ2) is 10.1. The lowest BCUT2D eigenvalue weighted by Crippen LogP contribution is -2.68. The Morgan fingerprint density at radius 1 is 0.710 bits per heavy atom. The van der Waals surface area contributed by atoms with Gasteiger partial charge < -0.3 is 72.5 Å². The minimum Gasteiger partial charge on any atom is -0.394 e. The van der Waals surface area contributed by atoms with E-state index in [2.05, 4.69) is 0 Å². The van der Waals surface area contributed by atoms with Crippen LogP contribution in [-0.2, 0) is 18.9 Å². The van der Waals surface area contributed by atoms with E-state index < -0.39 is 92.2 Å². The van der Waals surface area contributed by atoms with E-state index in [9.17, 15) is 30.6 Å². The molecule has 0 radical (unpaired) electrons. The van der Waals surface area contributed by atoms with Crippen molar-refractivity contribution in [1.82, 2.24) is 0 Å². The van der Waals surface area contributed by atoms with Gasteiger partial charge in [0, 0.05) is 18.6 Å². The largest absolute Gasteiger partial charge is 0.394 e. The van der Waals surface area contributed by atoms with E-state index >= 15 is 0 Å². The number of hydrogen-bond acceptors (Lipinski definition) is 14. The smallest absolute Gasteiger partial charge is 0.187 e. The van der Waals surface area contributed by atoms with Crippen molar-refractivity contribution in [3.05, 3.63) is 0 Å². The van der Waals surface area contributed by atoms with E-state index in [0.29, 0.717) is 0 Å². The first-order valence-electron chi connectivity index (χ1n) is 10.2. The molecule has 3 fully saturated rings. The fraction of sp³-hybridized carbons (Fsp3) is 1.00. The molecule has 31 heavy (non-hydrogen) atoms. The Hall–Kier alpha value is -0.560. The first kappa shape index (κ1) is 25.1. The maximum Gasteiger partial charge on any atom is 0.187 e. The van der Waals surface area contributed by atoms with Crippen molar-refractivity contribution in [3.8, 4) is 0 Å². The Morgan fingerprint density at radius 3 is 1.87 bits per heavy atom. The summed E-state index contributed by atoms with van der Waals surface area (Å²) in [7, 11) is 0. The van der Waals surface area contributed by atoms with Crippen LogP contribution in [0.2, 0.25) is 0 Å². The van der Waals surface area contributed by atoms with Gasteiger partial charge in [0.2, 0.25) is 0 Å². The normalized spacial score (nSPS) is 53.6. The predicted octanol–water partition coefficient (Wildman–Crippen LogP) is -6.65. The molecule has 2 heterocycles. The highest BCUT2D eigenvalue weighted by atomic mass is 16.7. The average Bonchev–Trinajstić information content (AvgIpc) is 3.02. The summed E-state index contributed by atoms with van der Waals surface area (Å²) in [6.45, 7) is -0.673. The molecule has 12 unspecified atom stereocenters. The molecular formula is C17H34N4O10. The van der Waals surface area contributed by atoms with Crippen LogP contribution >= 0.6 is 0 Å². The third-order valence-corrected chi connectivity index (χ3v) is 6.13. The Bertz CT molecular complexity index is 591. The second-order valence-corrected chi connectivity index (χ2v) is 8.30. The minimum atomic E-state index is -1.51. The van der Waals surface area contributed by atoms with Gasteiger partial charge in [0.25, 0.3) is 0 Å². The van der Waals surface area contributed by atoms with Crippen LogP contribution in [0.3, 0.4) is 0 Å². The van der Waals surface area contributed by atoms with Crippen LogP contribution in [0.4, 0.5) is 0 Å². The molecule has 3 rings (SSSR count). The van der Waals surface area contributed by atoms with Gasteiger partial charge in [-0.05, 0) is 6.42 Å². The molecule has 2 aliphatic heterocycles. The Kier molecular flexibility index (Phi) is 8.21. The van der Waals surface area contributed by atoms with E-state index in [1.807, 2.05) is 0 Å². The topological polar surface area (TPSA) is 262 Å². The fourth-order valence-electron chi connectivity index (χ4n) is 4.16. The fourth-order valence-corrected chi connectivity index (χ4v) is 4.16. The summed E-state index contributed by atoms with van der Waals surface area (Å²) >= 11 is 0. The predicted molar refractivity (Wildman–Crippen MR) is 102 cm³/mol. The number of hydrogen-bond donors (Lipinski definition) is 10. The second-order valence-electron chi connectivity index (χ2n) is 8.30. The Labute approximate surface area is 178 Å². The summed E-state index contributed by atoms with van der Waals surface area (Å²) in [5.74, 6) is 0. The van der Waals surface area contributed by atoms with Crippen LogP contribution in [-0.4, -0.2) is 129 Å². The van der Waals surface area contributed by atoms with E-state index in [4.69, 9.17) is 41.9 Å². The molecule has 3 aliphatic rings. The van der Waals surface area contributed by atoms with E-state index in [0.717, 1.165) is 0 Å². The lowest BCUT2D eigenvalue weighted by atomic mass is 9.84. The van der Waals surface area contributed by atoms with Crippen molar-refractivity contribution in [3.63, 3.8) is 0 Å². The van der Waals surface area contributed by atoms with Gasteiger partial charge in [-0.15, -0.1) is 0 Å². The van der Waals surface area contributed by atoms with Crippen LogP contribution < -0.4 is 22.9 Å². The summed E-state index contributed by atoms with van der Waals surface area (Å²) in [6, 6.07) is -2.72. The number of ether oxygens (including phenoxy) is 4. The van der Waals surface area contributed by atoms with Gasteiger partial charge in [-0.25, -0.2) is 0 Å². The van der Waals surface area contributed by atoms with Crippen molar-refractivity contribution in [2.45, 2.75) is 92.1 Å². The highest BCUT2D eigenvalue weighted by molar-refractivity contribution is 5.01. The third-order valence-electron chi connectivity index (χ3n) is 6.13. The molecule has 2 saturated heterocycles. The zero-order chi connectivity index (χ0) is 23.0. The van der Waals surface area contributed by atoms with Crippen molar-refractivity contribution in [2.75, 3.05) is 13.2 Å². The summed E-state index contributed by atoms with van der Waals surface area (Å²) in [5, 5.41) is 60.2. The molecule has 182 valence electrons. The average molecular weight is 454 g/mol. The molecule has 1 saturated carbocycles. The van der Waals surface area contributed by atoms with Crippen LogP contribution in [0.5, 0.6) is 0 Å². The maximum atomic E-state index is 10.6. The zero-order valence-corrected chi connectivity index (χ0v) is 16.8. The summed E-state index contributed by atoms with van der Waals surface area (Å²) in [6.07, 6.45) is -13.8. The van der Waals surface area contributed by atoms with Gasteiger partial charge in [0.05, 0.1) is 18.8 Å². The molecule has 0 spiro atoms. The van der Waals surface area contributed by atoms with Crippen LogP contribution in [0, 0.1) is 0 Å². The quantitative estimate of drug-likeness (QED) is 0.179. The maximum absolute atomic E-state index is 10.6. The summed E-state index contributed by atoms with van der Waals surface area (Å²) in [4.78, 5) is 0. The van der Waals surface area contributed by atoms with Gasteiger partial charge in [-0.3, -0.25) is 0 Å². The van der Waals surface area contributed by atoms with E-state index in [1.54, 1.807) is 0 Å². The zero-order valence-electron chi connectivity index (χ0n) is 16.8. The molecule has 14 heteroatoms. The standard InChI is InChI=1S/C17H34N4O10/c18-2-6-10(24)12(26)8(21)16(28-6)30-14-5(20)1-4(19)9(23)15(14)31-17-13(27)11(25)7(3-22)29-17/h4-17,22-27H,1-3,18-21H2/t4?,5?,6?,7?,8?,9?,10?,11?,12?,13?,14?,15?,16-,17-/m0/s1. The minimum absolute atomic E-state index is 0.114. The number of aliphatic hydroxyl groups excluding tert-OH is 6. The van der Waals surface area contributed by atoms with Crippen molar-refractivity contribution < 1.29 is 49.6 Å². The first-order valence-corrected chi connectivity index (χ1v) is 10.2. The van der Waals surface area contributed by atoms with Crippen molar-refractivity contribution >= 4 is 0 Å². The first-order chi connectivity index (χ1) is 14.6. The molecule has 0 aromatic carbocycles. The van der Waals surface area contributed by atoms with Crippen LogP contribution in [0.15, 0.2) is 0 Å². The van der Waals surface area contributed by atoms with E-state index in [-0.39, 0.29) is 13.0 Å². The molecule has 1 aliphatic carbocycles. The molecule has 14 atom stereocenters. The molecule has 0 aromatic heterocycles. The van der Waals surface area contributed by atoms with Gasteiger partial charge in [0.15, 0.2) is 12.6 Å². The lowest BCUT2D eigenvalue weighted by molar-refractivity contribution is -0.306. The highest BCUT2D eigenvalue weighted by Gasteiger charge is 2.52. The number of nitrogens with two attached hydrogens (primary N) is 4. The van der Waals surface area contributed by atoms with Crippen molar-refractivity contribution in [1.29, 1.82) is 0 Å². The molecule has 0 aromatic rings. The highest BCUT2D eigenvalue weighted by Crippen LogP contribution is 2.31. The molecule has 0 amide bonds. The van der Waals surface area contributed by atoms with Gasteiger partial charge in [-0.1, -0.05) is 0 Å². The third kappa shape index (κ3) is 4.87. The summed E-state index contributed by atoms with van der Waals surface area (Å²) in [5.41, 5.74) is 23.6. The van der Waals surface area contributed by atoms with Gasteiger partial charge in [-0.2, -0.15) is 0 Å². The molecule has 0 bridgehead atoms. The molecular weight excluding hydrogens is 420 g/mol. The monoisotopic (exact) mass is 454 g/mol. The Balaban J connectivity index is 1.78. The molecule has 14 N–H and O–H groups in total. The van der Waals surface area contributed by atoms with Crippen molar-refractivity contribution in [2.24, 2.45) is 22.9 Å². The van der Waals surface area contributed by atoms with E-state index in [1.165, 1.54) is 0 Å². The van der Waals surface area contributed by atoms with Crippen LogP contribution in [0.1, 0.15) is 6.42 Å². The number of rotatable bonds is 6.